The number of alkyl halides is 2. The summed E-state index contributed by atoms with van der Waals surface area (Å²) in [5.41, 5.74) is 0.597. The smallest absolute Gasteiger partial charge is 0.289 e. The predicted molar refractivity (Wildman–Crippen MR) is 97.0 cm³/mol. The number of rotatable bonds is 5. The van der Waals surface area contributed by atoms with Crippen molar-refractivity contribution in [2.75, 3.05) is 5.48 Å². The lowest BCUT2D eigenvalue weighted by Gasteiger charge is -2.28. The Kier molecular flexibility index (Phi) is 4.85. The topological polar surface area (TPSA) is 69.0 Å². The Morgan fingerprint density at radius 2 is 1.97 bits per heavy atom. The molecule has 2 aromatic heterocycles. The molecule has 0 atom stereocenters. The summed E-state index contributed by atoms with van der Waals surface area (Å²) in [6.45, 7) is 1.49. The second-order valence-electron chi connectivity index (χ2n) is 6.79. The van der Waals surface area contributed by atoms with E-state index in [4.69, 9.17) is 4.84 Å². The van der Waals surface area contributed by atoms with Gasteiger partial charge >= 0.3 is 0 Å². The number of nitrogens with zero attached hydrogens (tertiary/aromatic N) is 3. The molecule has 1 aliphatic carbocycles. The van der Waals surface area contributed by atoms with Crippen LogP contribution in [0.15, 0.2) is 29.2 Å². The van der Waals surface area contributed by atoms with E-state index in [2.05, 4.69) is 15.4 Å². The molecular weight excluding hydrogens is 392 g/mol. The zero-order valence-corrected chi connectivity index (χ0v) is 15.3. The Morgan fingerprint density at radius 1 is 1.21 bits per heavy atom. The van der Waals surface area contributed by atoms with Crippen molar-refractivity contribution in [3.8, 4) is 5.75 Å². The fourth-order valence-corrected chi connectivity index (χ4v) is 3.18. The number of halogens is 4. The SMILES string of the molecule is Cc1nc(NOc2cccc(C(F)F)c2F)c2cn(C3CCC3)c(=O)c(F)c2n1. The van der Waals surface area contributed by atoms with Crippen LogP contribution in [0.2, 0.25) is 0 Å². The third kappa shape index (κ3) is 3.39. The summed E-state index contributed by atoms with van der Waals surface area (Å²) in [7, 11) is 0. The second-order valence-corrected chi connectivity index (χ2v) is 6.79. The van der Waals surface area contributed by atoms with Crippen LogP contribution in [0.4, 0.5) is 23.4 Å². The molecule has 0 spiro atoms. The lowest BCUT2D eigenvalue weighted by atomic mass is 9.92. The van der Waals surface area contributed by atoms with Crippen LogP contribution in [0, 0.1) is 18.6 Å². The van der Waals surface area contributed by atoms with Crippen LogP contribution < -0.4 is 15.9 Å². The molecule has 29 heavy (non-hydrogen) atoms. The van der Waals surface area contributed by atoms with Gasteiger partial charge in [-0.2, -0.15) is 4.39 Å². The summed E-state index contributed by atoms with van der Waals surface area (Å²) in [6, 6.07) is 3.22. The summed E-state index contributed by atoms with van der Waals surface area (Å²) < 4.78 is 55.9. The summed E-state index contributed by atoms with van der Waals surface area (Å²) in [5.74, 6) is -2.58. The van der Waals surface area contributed by atoms with E-state index in [0.717, 1.165) is 31.4 Å². The van der Waals surface area contributed by atoms with E-state index >= 15 is 0 Å². The third-order valence-corrected chi connectivity index (χ3v) is 4.91. The molecule has 4 rings (SSSR count). The van der Waals surface area contributed by atoms with Gasteiger partial charge in [0.1, 0.15) is 11.3 Å². The van der Waals surface area contributed by atoms with Gasteiger partial charge in [-0.05, 0) is 32.3 Å². The molecule has 0 bridgehead atoms. The van der Waals surface area contributed by atoms with Gasteiger partial charge in [0.05, 0.1) is 10.9 Å². The Morgan fingerprint density at radius 3 is 2.62 bits per heavy atom. The third-order valence-electron chi connectivity index (χ3n) is 4.91. The highest BCUT2D eigenvalue weighted by Gasteiger charge is 2.25. The predicted octanol–water partition coefficient (Wildman–Crippen LogP) is 4.45. The maximum atomic E-state index is 14.7. The average Bonchev–Trinajstić information content (AvgIpc) is 2.64. The van der Waals surface area contributed by atoms with Crippen molar-refractivity contribution < 1.29 is 22.4 Å². The summed E-state index contributed by atoms with van der Waals surface area (Å²) >= 11 is 0. The fourth-order valence-electron chi connectivity index (χ4n) is 3.18. The number of fused-ring (bicyclic) bond motifs is 1. The number of aromatic nitrogens is 3. The lowest BCUT2D eigenvalue weighted by Crippen LogP contribution is -2.31. The standard InChI is InChI=1S/C19H16F4N4O2/c1-9-24-16-12(8-27(10-4-2-5-10)19(28)15(16)21)18(25-9)26-29-13-7-3-6-11(14(13)20)17(22)23/h3,6-8,10,17H,2,4-5H2,1H3,(H,24,25,26). The first-order valence-corrected chi connectivity index (χ1v) is 8.95. The van der Waals surface area contributed by atoms with Gasteiger partial charge in [-0.3, -0.25) is 4.79 Å². The number of aryl methyl sites for hydroxylation is 1. The second kappa shape index (κ2) is 7.34. The van der Waals surface area contributed by atoms with E-state index in [1.54, 1.807) is 0 Å². The maximum absolute atomic E-state index is 14.7. The summed E-state index contributed by atoms with van der Waals surface area (Å²) in [5, 5.41) is 0.157. The zero-order chi connectivity index (χ0) is 20.7. The zero-order valence-electron chi connectivity index (χ0n) is 15.3. The molecule has 152 valence electrons. The number of pyridine rings is 1. The lowest BCUT2D eigenvalue weighted by molar-refractivity contribution is 0.145. The Labute approximate surface area is 162 Å². The van der Waals surface area contributed by atoms with Crippen molar-refractivity contribution in [1.29, 1.82) is 0 Å². The van der Waals surface area contributed by atoms with Crippen molar-refractivity contribution in [2.24, 2.45) is 0 Å². The summed E-state index contributed by atoms with van der Waals surface area (Å²) in [6.07, 6.45) is 0.869. The molecule has 3 aromatic rings. The van der Waals surface area contributed by atoms with E-state index < -0.39 is 34.9 Å². The Balaban J connectivity index is 1.75. The van der Waals surface area contributed by atoms with Crippen LogP contribution >= 0.6 is 0 Å². The first kappa shape index (κ1) is 19.2. The molecule has 1 N–H and O–H groups in total. The van der Waals surface area contributed by atoms with E-state index in [1.165, 1.54) is 23.8 Å². The van der Waals surface area contributed by atoms with Crippen molar-refractivity contribution in [2.45, 2.75) is 38.7 Å². The minimum absolute atomic E-state index is 0.0127. The quantitative estimate of drug-likeness (QED) is 0.499. The van der Waals surface area contributed by atoms with Crippen molar-refractivity contribution in [1.82, 2.24) is 14.5 Å². The van der Waals surface area contributed by atoms with Gasteiger partial charge in [0.15, 0.2) is 17.4 Å². The highest BCUT2D eigenvalue weighted by molar-refractivity contribution is 5.88. The monoisotopic (exact) mass is 408 g/mol. The van der Waals surface area contributed by atoms with E-state index in [9.17, 15) is 22.4 Å². The van der Waals surface area contributed by atoms with Crippen molar-refractivity contribution in [3.63, 3.8) is 0 Å². The molecule has 1 aliphatic rings. The number of hydrogen-bond acceptors (Lipinski definition) is 5. The van der Waals surface area contributed by atoms with Gasteiger partial charge in [0.25, 0.3) is 12.0 Å². The van der Waals surface area contributed by atoms with Gasteiger partial charge in [0, 0.05) is 12.2 Å². The van der Waals surface area contributed by atoms with Crippen LogP contribution in [0.5, 0.6) is 5.75 Å². The average molecular weight is 408 g/mol. The Bertz CT molecular complexity index is 1150. The normalized spacial score (nSPS) is 14.3. The molecule has 0 aliphatic heterocycles. The minimum atomic E-state index is -3.01. The molecule has 1 saturated carbocycles. The number of hydrogen-bond donors (Lipinski definition) is 1. The van der Waals surface area contributed by atoms with Crippen LogP contribution in [0.1, 0.15) is 43.1 Å². The molecule has 1 aromatic carbocycles. The van der Waals surface area contributed by atoms with Crippen molar-refractivity contribution in [3.05, 3.63) is 57.8 Å². The molecule has 1 fully saturated rings. The van der Waals surface area contributed by atoms with Crippen LogP contribution in [-0.2, 0) is 0 Å². The van der Waals surface area contributed by atoms with Crippen LogP contribution in [0.3, 0.4) is 0 Å². The van der Waals surface area contributed by atoms with E-state index in [0.29, 0.717) is 0 Å². The maximum Gasteiger partial charge on any atom is 0.289 e. The van der Waals surface area contributed by atoms with Crippen molar-refractivity contribution >= 4 is 16.7 Å². The molecule has 0 radical (unpaired) electrons. The van der Waals surface area contributed by atoms with Gasteiger partial charge in [0.2, 0.25) is 5.82 Å². The molecule has 6 nitrogen and oxygen atoms in total. The molecule has 10 heteroatoms. The van der Waals surface area contributed by atoms with E-state index in [-0.39, 0.29) is 28.6 Å². The number of nitrogens with one attached hydrogen (secondary N) is 1. The van der Waals surface area contributed by atoms with Crippen LogP contribution in [-0.4, -0.2) is 14.5 Å². The summed E-state index contributed by atoms with van der Waals surface area (Å²) in [4.78, 5) is 25.6. The largest absolute Gasteiger partial charge is 0.378 e. The minimum Gasteiger partial charge on any atom is -0.378 e. The van der Waals surface area contributed by atoms with Crippen LogP contribution in [0.25, 0.3) is 10.9 Å². The first-order valence-electron chi connectivity index (χ1n) is 8.95. The van der Waals surface area contributed by atoms with Gasteiger partial charge in [-0.1, -0.05) is 12.1 Å². The number of benzene rings is 1. The van der Waals surface area contributed by atoms with Gasteiger partial charge in [-0.15, -0.1) is 0 Å². The molecule has 2 heterocycles. The molecular formula is C19H16F4N4O2. The highest BCUT2D eigenvalue weighted by Crippen LogP contribution is 2.32. The van der Waals surface area contributed by atoms with Gasteiger partial charge < -0.3 is 9.40 Å². The molecule has 0 amide bonds. The molecule has 0 saturated heterocycles. The number of anilines is 1. The highest BCUT2D eigenvalue weighted by atomic mass is 19.3. The first-order chi connectivity index (χ1) is 13.9. The Hall–Kier alpha value is -3.17. The fraction of sp³-hybridized carbons (Fsp3) is 0.316. The van der Waals surface area contributed by atoms with E-state index in [1.807, 2.05) is 0 Å². The van der Waals surface area contributed by atoms with Gasteiger partial charge in [-0.25, -0.2) is 28.6 Å². The molecule has 0 unspecified atom stereocenters.